The Labute approximate surface area is 291 Å². The van der Waals surface area contributed by atoms with Crippen molar-refractivity contribution in [2.24, 2.45) is 5.92 Å². The molecule has 0 saturated heterocycles. The van der Waals surface area contributed by atoms with Crippen molar-refractivity contribution in [3.8, 4) is 33.8 Å². The fourth-order valence-electron chi connectivity index (χ4n) is 5.48. The summed E-state index contributed by atoms with van der Waals surface area (Å²) in [5.41, 5.74) is 6.36. The van der Waals surface area contributed by atoms with E-state index >= 15 is 0 Å². The predicted molar refractivity (Wildman–Crippen MR) is 187 cm³/mol. The average molecular weight is 693 g/mol. The van der Waals surface area contributed by atoms with Crippen molar-refractivity contribution in [3.63, 3.8) is 0 Å². The number of hydrogen-bond donors (Lipinski definition) is 2. The van der Waals surface area contributed by atoms with Crippen LogP contribution in [0, 0.1) is 5.92 Å². The Balaban J connectivity index is 1.41. The number of rotatable bonds is 18. The van der Waals surface area contributed by atoms with Crippen LogP contribution < -0.4 is 9.47 Å². The molecule has 1 unspecified atom stereocenters. The first-order chi connectivity index (χ1) is 24.0. The van der Waals surface area contributed by atoms with E-state index in [1.807, 2.05) is 24.3 Å². The lowest BCUT2D eigenvalue weighted by Gasteiger charge is -2.22. The summed E-state index contributed by atoms with van der Waals surface area (Å²) in [5.74, 6) is 0.610. The number of unbranched alkanes of at least 4 members (excludes halogenated alkanes) is 1. The fraction of sp³-hybridized carbons (Fsp3) is 0.325. The van der Waals surface area contributed by atoms with Gasteiger partial charge in [-0.1, -0.05) is 87.2 Å². The number of aliphatic hydroxyl groups is 2. The molecule has 2 N–H and O–H groups in total. The van der Waals surface area contributed by atoms with E-state index in [0.717, 1.165) is 53.5 Å². The molecule has 1 atom stereocenters. The lowest BCUT2D eigenvalue weighted by molar-refractivity contribution is -0.145. The van der Waals surface area contributed by atoms with Gasteiger partial charge in [-0.3, -0.25) is 0 Å². The number of carbonyl (C=O) groups excluding carboxylic acids is 1. The number of carbonyl (C=O) groups is 1. The van der Waals surface area contributed by atoms with Crippen LogP contribution >= 0.6 is 0 Å². The first kappa shape index (κ1) is 38.0. The fourth-order valence-corrected chi connectivity index (χ4v) is 5.48. The molecule has 0 amide bonds. The molecule has 4 rings (SSSR count). The Morgan fingerprint density at radius 2 is 1.28 bits per heavy atom. The Morgan fingerprint density at radius 3 is 1.80 bits per heavy atom. The summed E-state index contributed by atoms with van der Waals surface area (Å²) in [6.45, 7) is 9.37. The molecule has 0 aliphatic heterocycles. The van der Waals surface area contributed by atoms with E-state index in [4.69, 9.17) is 24.1 Å². The highest BCUT2D eigenvalue weighted by atomic mass is 19.4. The maximum atomic E-state index is 12.4. The van der Waals surface area contributed by atoms with E-state index in [1.54, 1.807) is 18.2 Å². The van der Waals surface area contributed by atoms with Gasteiger partial charge in [-0.25, -0.2) is 4.79 Å². The molecule has 0 radical (unpaired) electrons. The number of esters is 1. The standard InChI is InChI=1S/C40H43F3O7/c1-27(23-44)29(3)47-25-48-37-20-36(21-38(22-37)49-26-50-39(46)28(2)24-45)35-17-15-34(16-18-35)33-13-11-32(12-14-33)31-9-7-30(8-10-31)6-4-5-19-40(41,42)43/h9,11-18,20-22,30,44-45H,1-8,10,19,23-26H2. The molecule has 50 heavy (non-hydrogen) atoms. The molecule has 0 saturated carbocycles. The van der Waals surface area contributed by atoms with Gasteiger partial charge in [0.1, 0.15) is 17.3 Å². The third-order valence-electron chi connectivity index (χ3n) is 8.47. The minimum atomic E-state index is -4.07. The Hall–Kier alpha value is -4.80. The van der Waals surface area contributed by atoms with Gasteiger partial charge in [0, 0.05) is 18.1 Å². The minimum Gasteiger partial charge on any atom is -0.458 e. The normalized spacial score (nSPS) is 14.3. The van der Waals surface area contributed by atoms with Crippen molar-refractivity contribution >= 4 is 11.5 Å². The van der Waals surface area contributed by atoms with E-state index in [0.29, 0.717) is 29.4 Å². The lowest BCUT2D eigenvalue weighted by Crippen LogP contribution is -2.14. The Morgan fingerprint density at radius 1 is 0.740 bits per heavy atom. The molecule has 3 aromatic carbocycles. The summed E-state index contributed by atoms with van der Waals surface area (Å²) in [6, 6.07) is 21.5. The van der Waals surface area contributed by atoms with Crippen LogP contribution in [-0.4, -0.2) is 49.2 Å². The number of benzene rings is 3. The molecule has 0 spiro atoms. The van der Waals surface area contributed by atoms with Crippen LogP contribution in [0.5, 0.6) is 11.5 Å². The molecule has 7 nitrogen and oxygen atoms in total. The van der Waals surface area contributed by atoms with Gasteiger partial charge in [0.15, 0.2) is 0 Å². The van der Waals surface area contributed by atoms with Gasteiger partial charge in [-0.2, -0.15) is 13.2 Å². The predicted octanol–water partition coefficient (Wildman–Crippen LogP) is 9.17. The summed E-state index contributed by atoms with van der Waals surface area (Å²) < 4.78 is 59.1. The highest BCUT2D eigenvalue weighted by molar-refractivity contribution is 5.87. The summed E-state index contributed by atoms with van der Waals surface area (Å²) in [6.07, 6.45) is 1.94. The molecular formula is C40H43F3O7. The molecule has 0 heterocycles. The van der Waals surface area contributed by atoms with E-state index in [9.17, 15) is 23.1 Å². The molecule has 0 fully saturated rings. The number of alkyl halides is 3. The molecule has 10 heteroatoms. The van der Waals surface area contributed by atoms with Crippen molar-refractivity contribution in [1.29, 1.82) is 0 Å². The van der Waals surface area contributed by atoms with Gasteiger partial charge in [0.25, 0.3) is 0 Å². The lowest BCUT2D eigenvalue weighted by atomic mass is 9.83. The minimum absolute atomic E-state index is 0.0960. The van der Waals surface area contributed by atoms with Crippen LogP contribution in [0.25, 0.3) is 27.8 Å². The van der Waals surface area contributed by atoms with Crippen molar-refractivity contribution in [2.75, 3.05) is 26.8 Å². The van der Waals surface area contributed by atoms with Crippen LogP contribution in [0.2, 0.25) is 0 Å². The second-order valence-corrected chi connectivity index (χ2v) is 12.1. The van der Waals surface area contributed by atoms with E-state index < -0.39 is 32.0 Å². The van der Waals surface area contributed by atoms with Gasteiger partial charge in [0.05, 0.1) is 18.8 Å². The third-order valence-corrected chi connectivity index (χ3v) is 8.47. The largest absolute Gasteiger partial charge is 0.458 e. The quantitative estimate of drug-likeness (QED) is 0.0343. The maximum Gasteiger partial charge on any atom is 0.389 e. The zero-order chi connectivity index (χ0) is 36.1. The van der Waals surface area contributed by atoms with Gasteiger partial charge in [0.2, 0.25) is 13.6 Å². The molecule has 3 aromatic rings. The van der Waals surface area contributed by atoms with Crippen molar-refractivity contribution in [1.82, 2.24) is 0 Å². The smallest absolute Gasteiger partial charge is 0.389 e. The van der Waals surface area contributed by atoms with E-state index in [2.05, 4.69) is 50.1 Å². The Bertz CT molecular complexity index is 1610. The van der Waals surface area contributed by atoms with Gasteiger partial charge in [-0.05, 0) is 77.1 Å². The number of halogens is 3. The average Bonchev–Trinajstić information content (AvgIpc) is 3.12. The zero-order valence-electron chi connectivity index (χ0n) is 28.0. The second kappa shape index (κ2) is 18.3. The van der Waals surface area contributed by atoms with Crippen molar-refractivity contribution in [2.45, 2.75) is 51.1 Å². The molecule has 0 aromatic heterocycles. The van der Waals surface area contributed by atoms with Gasteiger partial charge in [-0.15, -0.1) is 0 Å². The first-order valence-electron chi connectivity index (χ1n) is 16.4. The monoisotopic (exact) mass is 692 g/mol. The van der Waals surface area contributed by atoms with Gasteiger partial charge < -0.3 is 29.2 Å². The van der Waals surface area contributed by atoms with Crippen LogP contribution in [0.15, 0.2) is 109 Å². The highest BCUT2D eigenvalue weighted by Gasteiger charge is 2.26. The number of aliphatic hydroxyl groups excluding tert-OH is 2. The topological polar surface area (TPSA) is 94.5 Å². The van der Waals surface area contributed by atoms with Crippen LogP contribution in [0.4, 0.5) is 13.2 Å². The summed E-state index contributed by atoms with van der Waals surface area (Å²) >= 11 is 0. The molecule has 1 aliphatic rings. The molecular weight excluding hydrogens is 649 g/mol. The first-order valence-corrected chi connectivity index (χ1v) is 16.4. The van der Waals surface area contributed by atoms with Crippen molar-refractivity contribution in [3.05, 3.63) is 115 Å². The van der Waals surface area contributed by atoms with Crippen LogP contribution in [-0.2, 0) is 14.3 Å². The third kappa shape index (κ3) is 11.7. The van der Waals surface area contributed by atoms with Crippen LogP contribution in [0.1, 0.15) is 50.5 Å². The van der Waals surface area contributed by atoms with E-state index in [-0.39, 0.29) is 31.2 Å². The van der Waals surface area contributed by atoms with Crippen molar-refractivity contribution < 1.29 is 47.1 Å². The highest BCUT2D eigenvalue weighted by Crippen LogP contribution is 2.35. The van der Waals surface area contributed by atoms with Gasteiger partial charge >= 0.3 is 12.1 Å². The number of allylic oxidation sites excluding steroid dienone is 2. The number of ether oxygens (including phenoxy) is 4. The Kier molecular flexibility index (Phi) is 13.9. The molecule has 266 valence electrons. The molecule has 1 aliphatic carbocycles. The second-order valence-electron chi connectivity index (χ2n) is 12.1. The summed E-state index contributed by atoms with van der Waals surface area (Å²) in [4.78, 5) is 11.9. The number of hydrogen-bond acceptors (Lipinski definition) is 7. The molecule has 0 bridgehead atoms. The zero-order valence-corrected chi connectivity index (χ0v) is 28.0. The summed E-state index contributed by atoms with van der Waals surface area (Å²) in [7, 11) is 0. The SMILES string of the molecule is C=C(CO)C(=C)OCOc1cc(OCOC(=O)C(=C)CO)cc(-c2ccc(-c3ccc(C4=CCC(CCCCC(F)(F)F)CC4)cc3)cc2)c1. The summed E-state index contributed by atoms with van der Waals surface area (Å²) in [5, 5.41) is 18.3. The van der Waals surface area contributed by atoms with E-state index in [1.165, 1.54) is 5.57 Å². The maximum absolute atomic E-state index is 12.4. The van der Waals surface area contributed by atoms with Crippen LogP contribution in [0.3, 0.4) is 0 Å².